The minimum atomic E-state index is -0.645. The number of carbonyl (C=O) groups excluding carboxylic acids is 1. The van der Waals surface area contributed by atoms with Gasteiger partial charge < -0.3 is 30.1 Å². The minimum absolute atomic E-state index is 0.0821. The van der Waals surface area contributed by atoms with Crippen LogP contribution in [0.4, 0.5) is 37.5 Å². The van der Waals surface area contributed by atoms with Crippen molar-refractivity contribution in [3.8, 4) is 5.75 Å². The van der Waals surface area contributed by atoms with E-state index >= 15 is 0 Å². The third kappa shape index (κ3) is 7.63. The Morgan fingerprint density at radius 3 is 2.35 bits per heavy atom. The number of ether oxygens (including phenoxy) is 1. The van der Waals surface area contributed by atoms with Gasteiger partial charge in [-0.25, -0.2) is 23.8 Å². The Bertz CT molecular complexity index is 1560. The van der Waals surface area contributed by atoms with Crippen LogP contribution in [0.3, 0.4) is 0 Å². The average molecular weight is 665 g/mol. The van der Waals surface area contributed by atoms with Crippen LogP contribution in [-0.2, 0) is 9.63 Å². The van der Waals surface area contributed by atoms with E-state index in [0.29, 0.717) is 65.9 Å². The van der Waals surface area contributed by atoms with Crippen LogP contribution < -0.4 is 25.3 Å². The zero-order valence-electron chi connectivity index (χ0n) is 28.2. The minimum Gasteiger partial charge on any atom is -0.494 e. The SMILES string of the molecule is CCC(=O)Nc1cc(Nc2cc(N3OCCC3c3cc(F)cc(F)c3)ncn2)c(OC)cc1N1CCC(N2CCC(N(C)C)CC2)CC1. The Hall–Kier alpha value is -4.07. The maximum absolute atomic E-state index is 14.0. The molecule has 0 radical (unpaired) electrons. The topological polar surface area (TPSA) is 98.3 Å². The summed E-state index contributed by atoms with van der Waals surface area (Å²) in [4.78, 5) is 34.6. The average Bonchev–Trinajstić information content (AvgIpc) is 3.59. The summed E-state index contributed by atoms with van der Waals surface area (Å²) < 4.78 is 33.9. The zero-order chi connectivity index (χ0) is 33.8. The number of amides is 1. The van der Waals surface area contributed by atoms with Crippen molar-refractivity contribution in [1.82, 2.24) is 19.8 Å². The third-order valence-electron chi connectivity index (χ3n) is 9.78. The van der Waals surface area contributed by atoms with Crippen molar-refractivity contribution in [2.24, 2.45) is 0 Å². The van der Waals surface area contributed by atoms with E-state index in [0.717, 1.165) is 50.8 Å². The van der Waals surface area contributed by atoms with E-state index in [1.807, 2.05) is 19.1 Å². The molecule has 11 nitrogen and oxygen atoms in total. The second-order valence-corrected chi connectivity index (χ2v) is 13.0. The summed E-state index contributed by atoms with van der Waals surface area (Å²) in [6, 6.07) is 9.83. The number of rotatable bonds is 10. The van der Waals surface area contributed by atoms with Crippen molar-refractivity contribution < 1.29 is 23.1 Å². The number of hydrogen-bond donors (Lipinski definition) is 2. The molecule has 1 aromatic heterocycles. The zero-order valence-corrected chi connectivity index (χ0v) is 28.2. The highest BCUT2D eigenvalue weighted by Gasteiger charge is 2.32. The lowest BCUT2D eigenvalue weighted by Crippen LogP contribution is -2.50. The first-order chi connectivity index (χ1) is 23.2. The van der Waals surface area contributed by atoms with Crippen LogP contribution in [0.1, 0.15) is 57.1 Å². The summed E-state index contributed by atoms with van der Waals surface area (Å²) in [5.74, 6) is 0.112. The standard InChI is InChI=1S/C35H46F2N8O3/c1-5-35(46)41-28-19-29(32(47-4)20-31(28)44-13-8-27(9-14-44)43-11-6-26(7-12-43)42(2)3)40-33-21-34(39-22-38-33)45-30(10-15-48-45)23-16-24(36)18-25(37)17-23/h16-22,26-27,30H,5-15H2,1-4H3,(H,41,46)(H,38,39,40). The first kappa shape index (κ1) is 33.8. The summed E-state index contributed by atoms with van der Waals surface area (Å²) in [5, 5.41) is 7.98. The van der Waals surface area contributed by atoms with Crippen molar-refractivity contribution in [1.29, 1.82) is 0 Å². The van der Waals surface area contributed by atoms with Gasteiger partial charge in [-0.15, -0.1) is 0 Å². The largest absolute Gasteiger partial charge is 0.494 e. The van der Waals surface area contributed by atoms with Gasteiger partial charge in [0, 0.05) is 56.2 Å². The Kier molecular flexibility index (Phi) is 10.6. The number of nitrogens with zero attached hydrogens (tertiary/aromatic N) is 6. The highest BCUT2D eigenvalue weighted by atomic mass is 19.1. The van der Waals surface area contributed by atoms with Crippen LogP contribution in [0.2, 0.25) is 0 Å². The van der Waals surface area contributed by atoms with Gasteiger partial charge in [0.05, 0.1) is 36.8 Å². The van der Waals surface area contributed by atoms with E-state index in [1.54, 1.807) is 18.2 Å². The summed E-state index contributed by atoms with van der Waals surface area (Å²) in [6.45, 7) is 6.24. The van der Waals surface area contributed by atoms with Gasteiger partial charge in [-0.05, 0) is 76.6 Å². The maximum atomic E-state index is 14.0. The fraction of sp³-hybridized carbons (Fsp3) is 0.514. The van der Waals surface area contributed by atoms with E-state index in [9.17, 15) is 13.6 Å². The van der Waals surface area contributed by atoms with E-state index in [1.165, 1.54) is 31.3 Å². The van der Waals surface area contributed by atoms with Crippen LogP contribution >= 0.6 is 0 Å². The number of hydroxylamine groups is 1. The second-order valence-electron chi connectivity index (χ2n) is 13.0. The molecule has 1 unspecified atom stereocenters. The van der Waals surface area contributed by atoms with Crippen molar-refractivity contribution in [3.05, 3.63) is 59.9 Å². The molecule has 0 saturated carbocycles. The molecule has 3 fully saturated rings. The predicted molar refractivity (Wildman–Crippen MR) is 183 cm³/mol. The Balaban J connectivity index is 1.20. The number of methoxy groups -OCH3 is 1. The van der Waals surface area contributed by atoms with E-state index in [4.69, 9.17) is 9.57 Å². The predicted octanol–water partition coefficient (Wildman–Crippen LogP) is 5.73. The summed E-state index contributed by atoms with van der Waals surface area (Å²) in [5.41, 5.74) is 2.69. The molecule has 0 bridgehead atoms. The summed E-state index contributed by atoms with van der Waals surface area (Å²) in [7, 11) is 5.96. The van der Waals surface area contributed by atoms with Crippen molar-refractivity contribution >= 4 is 34.6 Å². The van der Waals surface area contributed by atoms with Crippen LogP contribution in [0.25, 0.3) is 0 Å². The molecule has 3 aromatic rings. The molecule has 0 spiro atoms. The first-order valence-corrected chi connectivity index (χ1v) is 16.9. The normalized spacial score (nSPS) is 19.6. The number of anilines is 5. The molecule has 1 amide bonds. The number of nitrogens with one attached hydrogen (secondary N) is 2. The van der Waals surface area contributed by atoms with Gasteiger partial charge in [-0.3, -0.25) is 9.63 Å². The number of aromatic nitrogens is 2. The Morgan fingerprint density at radius 2 is 1.69 bits per heavy atom. The van der Waals surface area contributed by atoms with Crippen molar-refractivity contribution in [2.75, 3.05) is 74.6 Å². The lowest BCUT2D eigenvalue weighted by atomic mass is 9.97. The van der Waals surface area contributed by atoms with Gasteiger partial charge in [-0.1, -0.05) is 6.92 Å². The van der Waals surface area contributed by atoms with E-state index in [-0.39, 0.29) is 5.91 Å². The fourth-order valence-electron chi connectivity index (χ4n) is 7.11. The molecular formula is C35H46F2N8O3. The number of hydrogen-bond acceptors (Lipinski definition) is 10. The molecule has 1 atom stereocenters. The van der Waals surface area contributed by atoms with Crippen molar-refractivity contribution in [3.63, 3.8) is 0 Å². The number of piperidine rings is 2. The van der Waals surface area contributed by atoms with Gasteiger partial charge >= 0.3 is 0 Å². The molecule has 2 aromatic carbocycles. The Labute approximate surface area is 281 Å². The maximum Gasteiger partial charge on any atom is 0.224 e. The molecule has 2 N–H and O–H groups in total. The smallest absolute Gasteiger partial charge is 0.224 e. The summed E-state index contributed by atoms with van der Waals surface area (Å²) >= 11 is 0. The van der Waals surface area contributed by atoms with Crippen molar-refractivity contribution in [2.45, 2.75) is 63.6 Å². The molecule has 6 rings (SSSR count). The molecule has 3 aliphatic rings. The molecular weight excluding hydrogens is 618 g/mol. The fourth-order valence-corrected chi connectivity index (χ4v) is 7.11. The third-order valence-corrected chi connectivity index (χ3v) is 9.78. The highest BCUT2D eigenvalue weighted by Crippen LogP contribution is 2.41. The van der Waals surface area contributed by atoms with Gasteiger partial charge in [0.1, 0.15) is 29.5 Å². The van der Waals surface area contributed by atoms with Gasteiger partial charge in [0.2, 0.25) is 5.91 Å². The van der Waals surface area contributed by atoms with Crippen LogP contribution in [-0.4, -0.2) is 91.7 Å². The lowest BCUT2D eigenvalue weighted by molar-refractivity contribution is -0.115. The monoisotopic (exact) mass is 664 g/mol. The van der Waals surface area contributed by atoms with Crippen LogP contribution in [0, 0.1) is 11.6 Å². The van der Waals surface area contributed by atoms with Crippen LogP contribution in [0.15, 0.2) is 42.7 Å². The highest BCUT2D eigenvalue weighted by molar-refractivity contribution is 5.96. The van der Waals surface area contributed by atoms with E-state index < -0.39 is 17.7 Å². The quantitative estimate of drug-likeness (QED) is 0.280. The molecule has 4 heterocycles. The Morgan fingerprint density at radius 1 is 0.958 bits per heavy atom. The van der Waals surface area contributed by atoms with Gasteiger partial charge in [0.25, 0.3) is 0 Å². The number of halogens is 2. The molecule has 48 heavy (non-hydrogen) atoms. The molecule has 0 aliphatic carbocycles. The molecule has 13 heteroatoms. The van der Waals surface area contributed by atoms with Gasteiger partial charge in [0.15, 0.2) is 5.82 Å². The van der Waals surface area contributed by atoms with Crippen LogP contribution in [0.5, 0.6) is 5.75 Å². The second kappa shape index (κ2) is 15.0. The number of likely N-dealkylation sites (tertiary alicyclic amines) is 1. The first-order valence-electron chi connectivity index (χ1n) is 16.9. The number of carbonyl (C=O) groups is 1. The molecule has 258 valence electrons. The summed E-state index contributed by atoms with van der Waals surface area (Å²) in [6.07, 6.45) is 6.81. The molecule has 3 saturated heterocycles. The lowest BCUT2D eigenvalue weighted by Gasteiger charge is -2.43. The molecule has 3 aliphatic heterocycles. The van der Waals surface area contributed by atoms with Gasteiger partial charge in [-0.2, -0.15) is 0 Å². The van der Waals surface area contributed by atoms with E-state index in [2.05, 4.69) is 49.4 Å². The number of benzene rings is 2.